The van der Waals surface area contributed by atoms with Gasteiger partial charge in [-0.1, -0.05) is 11.6 Å². The van der Waals surface area contributed by atoms with Crippen LogP contribution in [0.3, 0.4) is 0 Å². The van der Waals surface area contributed by atoms with Gasteiger partial charge in [-0.05, 0) is 6.92 Å². The van der Waals surface area contributed by atoms with Crippen molar-refractivity contribution < 1.29 is 4.79 Å². The number of carbonyl (C=O) groups is 1. The molecule has 0 aliphatic carbocycles. The van der Waals surface area contributed by atoms with E-state index in [9.17, 15) is 4.79 Å². The Balaban J connectivity index is 1.79. The maximum absolute atomic E-state index is 11.2. The smallest absolute Gasteiger partial charge is 0.185 e. The van der Waals surface area contributed by atoms with Gasteiger partial charge in [0.05, 0.1) is 5.56 Å². The lowest BCUT2D eigenvalue weighted by molar-refractivity contribution is 0.112. The SMILES string of the molecule is Cc1nc(Cl)c(C=O)c(N2CCN(c3nccs3)CC2)n1. The highest BCUT2D eigenvalue weighted by atomic mass is 35.5. The number of hydrogen-bond donors (Lipinski definition) is 0. The summed E-state index contributed by atoms with van der Waals surface area (Å²) in [5.74, 6) is 1.20. The standard InChI is InChI=1S/C13H14ClN5OS/c1-9-16-11(14)10(8-20)12(17-9)18-3-5-19(6-4-18)13-15-2-7-21-13/h2,7-8H,3-6H2,1H3. The Morgan fingerprint density at radius 2 is 1.95 bits per heavy atom. The molecule has 110 valence electrons. The van der Waals surface area contributed by atoms with Gasteiger partial charge in [0.2, 0.25) is 0 Å². The molecule has 3 rings (SSSR count). The number of hydrogen-bond acceptors (Lipinski definition) is 7. The molecule has 0 radical (unpaired) electrons. The highest BCUT2D eigenvalue weighted by Gasteiger charge is 2.23. The summed E-state index contributed by atoms with van der Waals surface area (Å²) in [7, 11) is 0. The lowest BCUT2D eigenvalue weighted by atomic mass is 10.2. The molecule has 2 aromatic heterocycles. The topological polar surface area (TPSA) is 62.2 Å². The second-order valence-electron chi connectivity index (χ2n) is 4.71. The quantitative estimate of drug-likeness (QED) is 0.636. The number of thiazole rings is 1. The van der Waals surface area contributed by atoms with E-state index in [-0.39, 0.29) is 5.15 Å². The maximum atomic E-state index is 11.2. The summed E-state index contributed by atoms with van der Waals surface area (Å²) in [6.07, 6.45) is 2.54. The third-order valence-corrected chi connectivity index (χ3v) is 4.50. The minimum Gasteiger partial charge on any atom is -0.352 e. The first-order valence-corrected chi connectivity index (χ1v) is 7.83. The summed E-state index contributed by atoms with van der Waals surface area (Å²) in [5.41, 5.74) is 0.366. The number of piperazine rings is 1. The average Bonchev–Trinajstić information content (AvgIpc) is 3.01. The number of aldehydes is 1. The Kier molecular flexibility index (Phi) is 4.03. The summed E-state index contributed by atoms with van der Waals surface area (Å²) in [5, 5.41) is 3.22. The summed E-state index contributed by atoms with van der Waals surface area (Å²) in [6.45, 7) is 5.00. The minimum absolute atomic E-state index is 0.217. The lowest BCUT2D eigenvalue weighted by Crippen LogP contribution is -2.47. The molecule has 1 saturated heterocycles. The summed E-state index contributed by atoms with van der Waals surface area (Å²) in [6, 6.07) is 0. The number of aryl methyl sites for hydroxylation is 1. The van der Waals surface area contributed by atoms with Crippen LogP contribution in [-0.2, 0) is 0 Å². The van der Waals surface area contributed by atoms with Crippen LogP contribution < -0.4 is 9.80 Å². The largest absolute Gasteiger partial charge is 0.352 e. The molecule has 0 N–H and O–H groups in total. The number of carbonyl (C=O) groups excluding carboxylic acids is 1. The Hall–Kier alpha value is -1.73. The van der Waals surface area contributed by atoms with E-state index in [0.29, 0.717) is 17.2 Å². The van der Waals surface area contributed by atoms with Gasteiger partial charge < -0.3 is 9.80 Å². The van der Waals surface area contributed by atoms with E-state index in [2.05, 4.69) is 24.8 Å². The molecular formula is C13H14ClN5OS. The Morgan fingerprint density at radius 3 is 2.57 bits per heavy atom. The van der Waals surface area contributed by atoms with Gasteiger partial charge in [-0.2, -0.15) is 0 Å². The molecule has 0 unspecified atom stereocenters. The second-order valence-corrected chi connectivity index (χ2v) is 5.94. The van der Waals surface area contributed by atoms with Crippen LogP contribution in [0.25, 0.3) is 0 Å². The van der Waals surface area contributed by atoms with E-state index < -0.39 is 0 Å². The zero-order valence-electron chi connectivity index (χ0n) is 11.5. The van der Waals surface area contributed by atoms with Gasteiger partial charge in [0, 0.05) is 37.8 Å². The van der Waals surface area contributed by atoms with Crippen LogP contribution in [0.1, 0.15) is 16.2 Å². The Labute approximate surface area is 131 Å². The lowest BCUT2D eigenvalue weighted by Gasteiger charge is -2.35. The van der Waals surface area contributed by atoms with Crippen molar-refractivity contribution in [2.45, 2.75) is 6.92 Å². The van der Waals surface area contributed by atoms with E-state index in [4.69, 9.17) is 11.6 Å². The molecule has 0 spiro atoms. The van der Waals surface area contributed by atoms with Crippen LogP contribution >= 0.6 is 22.9 Å². The van der Waals surface area contributed by atoms with Crippen LogP contribution in [0.4, 0.5) is 10.9 Å². The summed E-state index contributed by atoms with van der Waals surface area (Å²) < 4.78 is 0. The molecule has 0 amide bonds. The predicted octanol–water partition coefficient (Wildman–Crippen LogP) is 2.03. The van der Waals surface area contributed by atoms with Crippen molar-refractivity contribution in [3.05, 3.63) is 28.1 Å². The molecule has 0 aromatic carbocycles. The maximum Gasteiger partial charge on any atom is 0.185 e. The fraction of sp³-hybridized carbons (Fsp3) is 0.385. The zero-order valence-corrected chi connectivity index (χ0v) is 13.1. The fourth-order valence-electron chi connectivity index (χ4n) is 2.36. The van der Waals surface area contributed by atoms with Gasteiger partial charge in [-0.15, -0.1) is 11.3 Å². The third kappa shape index (κ3) is 2.84. The molecule has 6 nitrogen and oxygen atoms in total. The van der Waals surface area contributed by atoms with Crippen molar-refractivity contribution in [2.24, 2.45) is 0 Å². The summed E-state index contributed by atoms with van der Waals surface area (Å²) >= 11 is 7.67. The first kappa shape index (κ1) is 14.2. The van der Waals surface area contributed by atoms with Crippen molar-refractivity contribution in [1.29, 1.82) is 0 Å². The van der Waals surface area contributed by atoms with Crippen LogP contribution in [0, 0.1) is 6.92 Å². The number of rotatable bonds is 3. The molecule has 1 fully saturated rings. The van der Waals surface area contributed by atoms with Crippen molar-refractivity contribution in [3.63, 3.8) is 0 Å². The van der Waals surface area contributed by atoms with Crippen LogP contribution in [0.5, 0.6) is 0 Å². The number of halogens is 1. The monoisotopic (exact) mass is 323 g/mol. The highest BCUT2D eigenvalue weighted by Crippen LogP contribution is 2.25. The first-order chi connectivity index (χ1) is 10.2. The van der Waals surface area contributed by atoms with Crippen molar-refractivity contribution in [2.75, 3.05) is 36.0 Å². The molecule has 0 atom stereocenters. The molecule has 1 aliphatic heterocycles. The Bertz CT molecular complexity index is 640. The van der Waals surface area contributed by atoms with E-state index in [1.807, 2.05) is 11.6 Å². The first-order valence-electron chi connectivity index (χ1n) is 6.57. The second kappa shape index (κ2) is 5.95. The van der Waals surface area contributed by atoms with Crippen LogP contribution in [-0.4, -0.2) is 47.4 Å². The van der Waals surface area contributed by atoms with Gasteiger partial charge in [0.25, 0.3) is 0 Å². The number of anilines is 2. The van der Waals surface area contributed by atoms with Crippen molar-refractivity contribution >= 4 is 40.2 Å². The molecule has 0 bridgehead atoms. The molecule has 21 heavy (non-hydrogen) atoms. The van der Waals surface area contributed by atoms with Crippen LogP contribution in [0.15, 0.2) is 11.6 Å². The average molecular weight is 324 g/mol. The zero-order chi connectivity index (χ0) is 14.8. The van der Waals surface area contributed by atoms with E-state index in [1.54, 1.807) is 18.3 Å². The number of nitrogens with zero attached hydrogens (tertiary/aromatic N) is 5. The fourth-order valence-corrected chi connectivity index (χ4v) is 3.31. The third-order valence-electron chi connectivity index (χ3n) is 3.38. The Morgan fingerprint density at radius 1 is 1.24 bits per heavy atom. The highest BCUT2D eigenvalue weighted by molar-refractivity contribution is 7.13. The minimum atomic E-state index is 0.217. The molecule has 8 heteroatoms. The molecule has 3 heterocycles. The van der Waals surface area contributed by atoms with Gasteiger partial charge in [0.15, 0.2) is 11.4 Å². The van der Waals surface area contributed by atoms with Gasteiger partial charge in [0.1, 0.15) is 16.8 Å². The molecule has 2 aromatic rings. The normalized spacial score (nSPS) is 15.3. The molecule has 0 saturated carbocycles. The molecule has 1 aliphatic rings. The van der Waals surface area contributed by atoms with Crippen molar-refractivity contribution in [3.8, 4) is 0 Å². The number of aromatic nitrogens is 3. The van der Waals surface area contributed by atoms with E-state index in [1.165, 1.54) is 0 Å². The van der Waals surface area contributed by atoms with Crippen LogP contribution in [0.2, 0.25) is 5.15 Å². The van der Waals surface area contributed by atoms with Gasteiger partial charge >= 0.3 is 0 Å². The van der Waals surface area contributed by atoms with Gasteiger partial charge in [-0.25, -0.2) is 15.0 Å². The van der Waals surface area contributed by atoms with Crippen molar-refractivity contribution in [1.82, 2.24) is 15.0 Å². The predicted molar refractivity (Wildman–Crippen MR) is 83.7 cm³/mol. The van der Waals surface area contributed by atoms with Gasteiger partial charge in [-0.3, -0.25) is 4.79 Å². The van der Waals surface area contributed by atoms with E-state index in [0.717, 1.165) is 37.6 Å². The van der Waals surface area contributed by atoms with E-state index >= 15 is 0 Å². The summed E-state index contributed by atoms with van der Waals surface area (Å²) in [4.78, 5) is 28.3. The molecular weight excluding hydrogens is 310 g/mol.